The molecule has 0 aliphatic heterocycles. The van der Waals surface area contributed by atoms with Crippen LogP contribution in [0.1, 0.15) is 37.7 Å². The fraction of sp³-hybridized carbons (Fsp3) is 0.588. The van der Waals surface area contributed by atoms with Crippen molar-refractivity contribution in [1.82, 2.24) is 5.32 Å². The lowest BCUT2D eigenvalue weighted by Gasteiger charge is -2.28. The average Bonchev–Trinajstić information content (AvgIpc) is 3.02. The number of carbonyl (C=O) groups is 1. The standard InChI is InChI=1S/C17H24ClNO2S/c18-15-6-4-14(5-7-15)17(8-1-2-9-17)16(21)19-10-13-22-12-3-11-20/h4-7,20H,1-3,8-13H2,(H,19,21). The average molecular weight is 342 g/mol. The summed E-state index contributed by atoms with van der Waals surface area (Å²) >= 11 is 7.73. The number of halogens is 1. The first kappa shape index (κ1) is 17.6. The number of thioether (sulfide) groups is 1. The van der Waals surface area contributed by atoms with E-state index in [2.05, 4.69) is 5.32 Å². The number of amides is 1. The monoisotopic (exact) mass is 341 g/mol. The summed E-state index contributed by atoms with van der Waals surface area (Å²) in [6.45, 7) is 0.920. The van der Waals surface area contributed by atoms with Gasteiger partial charge in [0.05, 0.1) is 5.41 Å². The Hall–Kier alpha value is -0.710. The minimum Gasteiger partial charge on any atom is -0.396 e. The van der Waals surface area contributed by atoms with E-state index in [1.165, 1.54) is 0 Å². The number of rotatable bonds is 8. The van der Waals surface area contributed by atoms with Crippen LogP contribution in [0.15, 0.2) is 24.3 Å². The number of hydrogen-bond acceptors (Lipinski definition) is 3. The van der Waals surface area contributed by atoms with Gasteiger partial charge in [0, 0.05) is 23.9 Å². The number of benzene rings is 1. The van der Waals surface area contributed by atoms with E-state index in [1.54, 1.807) is 11.8 Å². The molecule has 122 valence electrons. The third-order valence-corrected chi connectivity index (χ3v) is 5.59. The van der Waals surface area contributed by atoms with Gasteiger partial charge in [0.15, 0.2) is 0 Å². The zero-order valence-electron chi connectivity index (χ0n) is 12.8. The molecule has 22 heavy (non-hydrogen) atoms. The van der Waals surface area contributed by atoms with Gasteiger partial charge in [0.25, 0.3) is 0 Å². The summed E-state index contributed by atoms with van der Waals surface area (Å²) in [5.41, 5.74) is 0.709. The van der Waals surface area contributed by atoms with Gasteiger partial charge in [-0.25, -0.2) is 0 Å². The maximum atomic E-state index is 12.7. The highest BCUT2D eigenvalue weighted by atomic mass is 35.5. The molecule has 0 radical (unpaired) electrons. The van der Waals surface area contributed by atoms with Crippen LogP contribution in [0, 0.1) is 0 Å². The predicted octanol–water partition coefficient (Wildman–Crippen LogP) is 3.38. The van der Waals surface area contributed by atoms with Crippen LogP contribution in [0.25, 0.3) is 0 Å². The van der Waals surface area contributed by atoms with Crippen molar-refractivity contribution in [2.45, 2.75) is 37.5 Å². The Morgan fingerprint density at radius 3 is 2.55 bits per heavy atom. The van der Waals surface area contributed by atoms with E-state index in [1.807, 2.05) is 24.3 Å². The molecule has 0 bridgehead atoms. The lowest BCUT2D eigenvalue weighted by molar-refractivity contribution is -0.126. The molecule has 1 aliphatic carbocycles. The summed E-state index contributed by atoms with van der Waals surface area (Å²) in [4.78, 5) is 12.7. The maximum Gasteiger partial charge on any atom is 0.230 e. The Kier molecular flexibility index (Phi) is 7.06. The molecule has 2 rings (SSSR count). The van der Waals surface area contributed by atoms with Crippen LogP contribution in [-0.4, -0.2) is 35.7 Å². The van der Waals surface area contributed by atoms with Gasteiger partial charge in [-0.15, -0.1) is 0 Å². The highest BCUT2D eigenvalue weighted by molar-refractivity contribution is 7.99. The highest BCUT2D eigenvalue weighted by Gasteiger charge is 2.42. The molecule has 0 aromatic heterocycles. The summed E-state index contributed by atoms with van der Waals surface area (Å²) < 4.78 is 0. The smallest absolute Gasteiger partial charge is 0.230 e. The third kappa shape index (κ3) is 4.40. The molecule has 1 amide bonds. The molecule has 0 heterocycles. The molecule has 0 atom stereocenters. The second-order valence-corrected chi connectivity index (χ2v) is 7.40. The Labute approximate surface area is 141 Å². The van der Waals surface area contributed by atoms with Gasteiger partial charge < -0.3 is 10.4 Å². The van der Waals surface area contributed by atoms with Crippen LogP contribution >= 0.6 is 23.4 Å². The van der Waals surface area contributed by atoms with Crippen molar-refractivity contribution >= 4 is 29.3 Å². The van der Waals surface area contributed by atoms with Crippen molar-refractivity contribution in [2.24, 2.45) is 0 Å². The fourth-order valence-electron chi connectivity index (χ4n) is 3.07. The molecule has 3 nitrogen and oxygen atoms in total. The van der Waals surface area contributed by atoms with E-state index in [4.69, 9.17) is 16.7 Å². The number of carbonyl (C=O) groups excluding carboxylic acids is 1. The number of hydrogen-bond donors (Lipinski definition) is 2. The predicted molar refractivity (Wildman–Crippen MR) is 93.6 cm³/mol. The van der Waals surface area contributed by atoms with E-state index in [0.29, 0.717) is 11.6 Å². The van der Waals surface area contributed by atoms with E-state index >= 15 is 0 Å². The molecule has 5 heteroatoms. The molecule has 2 N–H and O–H groups in total. The van der Waals surface area contributed by atoms with Crippen molar-refractivity contribution in [3.05, 3.63) is 34.9 Å². The summed E-state index contributed by atoms with van der Waals surface area (Å²) in [5, 5.41) is 12.5. The Balaban J connectivity index is 1.93. The van der Waals surface area contributed by atoms with Crippen molar-refractivity contribution in [1.29, 1.82) is 0 Å². The van der Waals surface area contributed by atoms with Crippen molar-refractivity contribution < 1.29 is 9.90 Å². The number of aliphatic hydroxyl groups is 1. The van der Waals surface area contributed by atoms with Gasteiger partial charge in [-0.2, -0.15) is 11.8 Å². The molecule has 1 aromatic rings. The first-order valence-corrected chi connectivity index (χ1v) is 9.45. The number of aliphatic hydroxyl groups excluding tert-OH is 1. The quantitative estimate of drug-likeness (QED) is 0.713. The SMILES string of the molecule is O=C(NCCSCCCO)C1(c2ccc(Cl)cc2)CCCC1. The molecule has 1 fully saturated rings. The van der Waals surface area contributed by atoms with Crippen LogP contribution < -0.4 is 5.32 Å². The van der Waals surface area contributed by atoms with Crippen molar-refractivity contribution in [3.8, 4) is 0 Å². The molecule has 0 saturated heterocycles. The topological polar surface area (TPSA) is 49.3 Å². The summed E-state index contributed by atoms with van der Waals surface area (Å²) in [6.07, 6.45) is 4.84. The molecule has 1 saturated carbocycles. The van der Waals surface area contributed by atoms with Crippen LogP contribution in [0.4, 0.5) is 0 Å². The van der Waals surface area contributed by atoms with E-state index in [9.17, 15) is 4.79 Å². The van der Waals surface area contributed by atoms with Gasteiger partial charge in [-0.05, 0) is 42.7 Å². The Bertz CT molecular complexity index is 472. The van der Waals surface area contributed by atoms with Gasteiger partial charge in [0.2, 0.25) is 5.91 Å². The van der Waals surface area contributed by atoms with E-state index in [-0.39, 0.29) is 17.9 Å². The zero-order valence-corrected chi connectivity index (χ0v) is 14.4. The first-order valence-electron chi connectivity index (χ1n) is 7.92. The largest absolute Gasteiger partial charge is 0.396 e. The molecule has 0 spiro atoms. The Morgan fingerprint density at radius 2 is 1.91 bits per heavy atom. The first-order chi connectivity index (χ1) is 10.7. The van der Waals surface area contributed by atoms with Crippen molar-refractivity contribution in [2.75, 3.05) is 24.7 Å². The van der Waals surface area contributed by atoms with Gasteiger partial charge >= 0.3 is 0 Å². The second kappa shape index (κ2) is 8.80. The molecular formula is C17H24ClNO2S. The normalized spacial score (nSPS) is 16.6. The zero-order chi connectivity index (χ0) is 15.8. The van der Waals surface area contributed by atoms with Crippen LogP contribution in [-0.2, 0) is 10.2 Å². The molecule has 0 unspecified atom stereocenters. The summed E-state index contributed by atoms with van der Waals surface area (Å²) in [7, 11) is 0. The minimum atomic E-state index is -0.375. The lowest BCUT2D eigenvalue weighted by atomic mass is 9.78. The van der Waals surface area contributed by atoms with Crippen LogP contribution in [0.5, 0.6) is 0 Å². The van der Waals surface area contributed by atoms with Gasteiger partial charge in [-0.3, -0.25) is 4.79 Å². The molecular weight excluding hydrogens is 318 g/mol. The number of nitrogens with one attached hydrogen (secondary N) is 1. The maximum absolute atomic E-state index is 12.7. The summed E-state index contributed by atoms with van der Waals surface area (Å²) in [5.74, 6) is 1.98. The van der Waals surface area contributed by atoms with E-state index < -0.39 is 0 Å². The van der Waals surface area contributed by atoms with E-state index in [0.717, 1.165) is 49.2 Å². The Morgan fingerprint density at radius 1 is 1.23 bits per heavy atom. The van der Waals surface area contributed by atoms with Gasteiger partial charge in [-0.1, -0.05) is 36.6 Å². The second-order valence-electron chi connectivity index (χ2n) is 5.74. The highest BCUT2D eigenvalue weighted by Crippen LogP contribution is 2.41. The minimum absolute atomic E-state index is 0.148. The molecule has 1 aromatic carbocycles. The van der Waals surface area contributed by atoms with Crippen molar-refractivity contribution in [3.63, 3.8) is 0 Å². The van der Waals surface area contributed by atoms with Crippen LogP contribution in [0.2, 0.25) is 5.02 Å². The van der Waals surface area contributed by atoms with Crippen LogP contribution in [0.3, 0.4) is 0 Å². The third-order valence-electron chi connectivity index (χ3n) is 4.27. The molecule has 1 aliphatic rings. The van der Waals surface area contributed by atoms with Gasteiger partial charge in [0.1, 0.15) is 0 Å². The fourth-order valence-corrected chi connectivity index (χ4v) is 3.98. The lowest BCUT2D eigenvalue weighted by Crippen LogP contribution is -2.43. The summed E-state index contributed by atoms with van der Waals surface area (Å²) in [6, 6.07) is 7.72.